The van der Waals surface area contributed by atoms with Crippen LogP contribution in [0.2, 0.25) is 0 Å². The highest BCUT2D eigenvalue weighted by molar-refractivity contribution is 4.68. The van der Waals surface area contributed by atoms with E-state index in [2.05, 4.69) is 13.8 Å². The number of unbranched alkanes of at least 4 members (excludes halogenated alkanes) is 1. The quantitative estimate of drug-likeness (QED) is 0.534. The summed E-state index contributed by atoms with van der Waals surface area (Å²) in [4.78, 5) is 0. The Morgan fingerprint density at radius 1 is 0.882 bits per heavy atom. The molecule has 0 amide bonds. The molecular weight excluding hydrogens is 218 g/mol. The lowest BCUT2D eigenvalue weighted by Crippen LogP contribution is -2.23. The van der Waals surface area contributed by atoms with Crippen LogP contribution in [-0.2, 0) is 14.2 Å². The van der Waals surface area contributed by atoms with Gasteiger partial charge in [-0.15, -0.1) is 0 Å². The number of ether oxygens (including phenoxy) is 3. The number of rotatable bonds is 12. The van der Waals surface area contributed by atoms with Crippen molar-refractivity contribution in [1.29, 1.82) is 0 Å². The fourth-order valence-electron chi connectivity index (χ4n) is 1.37. The summed E-state index contributed by atoms with van der Waals surface area (Å²) >= 11 is 0. The lowest BCUT2D eigenvalue weighted by atomic mass is 9.87. The molecule has 0 aromatic rings. The Morgan fingerprint density at radius 2 is 1.47 bits per heavy atom. The number of nitrogens with two attached hydrogens (primary N) is 1. The van der Waals surface area contributed by atoms with Gasteiger partial charge >= 0.3 is 0 Å². The van der Waals surface area contributed by atoms with E-state index in [-0.39, 0.29) is 5.41 Å². The molecule has 4 heteroatoms. The second-order valence-corrected chi connectivity index (χ2v) is 5.04. The van der Waals surface area contributed by atoms with Gasteiger partial charge in [0.2, 0.25) is 0 Å². The van der Waals surface area contributed by atoms with Crippen molar-refractivity contribution >= 4 is 0 Å². The van der Waals surface area contributed by atoms with Crippen LogP contribution in [0.25, 0.3) is 0 Å². The second-order valence-electron chi connectivity index (χ2n) is 5.04. The molecule has 0 heterocycles. The van der Waals surface area contributed by atoms with Gasteiger partial charge in [-0.3, -0.25) is 0 Å². The Labute approximate surface area is 106 Å². The lowest BCUT2D eigenvalue weighted by molar-refractivity contribution is 0.0236. The van der Waals surface area contributed by atoms with Crippen LogP contribution in [0.3, 0.4) is 0 Å². The summed E-state index contributed by atoms with van der Waals surface area (Å²) < 4.78 is 15.6. The highest BCUT2D eigenvalue weighted by Gasteiger charge is 2.13. The first-order valence-corrected chi connectivity index (χ1v) is 6.47. The Balaban J connectivity index is 3.09. The second kappa shape index (κ2) is 11.0. The predicted molar refractivity (Wildman–Crippen MR) is 70.2 cm³/mol. The van der Waals surface area contributed by atoms with Gasteiger partial charge in [0.05, 0.1) is 26.4 Å². The summed E-state index contributed by atoms with van der Waals surface area (Å²) in [7, 11) is 1.67. The van der Waals surface area contributed by atoms with Crippen molar-refractivity contribution in [1.82, 2.24) is 0 Å². The maximum Gasteiger partial charge on any atom is 0.0701 e. The number of methoxy groups -OCH3 is 1. The first kappa shape index (κ1) is 16.8. The molecule has 0 aliphatic rings. The SMILES string of the molecule is COCCOCCOCCCCC(C)(C)CN. The molecule has 4 nitrogen and oxygen atoms in total. The molecule has 0 saturated heterocycles. The molecule has 0 unspecified atom stereocenters. The largest absolute Gasteiger partial charge is 0.382 e. The molecular formula is C13H29NO3. The van der Waals surface area contributed by atoms with Crippen molar-refractivity contribution in [3.8, 4) is 0 Å². The lowest BCUT2D eigenvalue weighted by Gasteiger charge is -2.21. The number of hydrogen-bond acceptors (Lipinski definition) is 4. The van der Waals surface area contributed by atoms with Gasteiger partial charge in [-0.25, -0.2) is 0 Å². The van der Waals surface area contributed by atoms with Gasteiger partial charge in [-0.05, 0) is 24.8 Å². The standard InChI is InChI=1S/C13H29NO3/c1-13(2,12-14)6-4-5-7-16-10-11-17-9-8-15-3/h4-12,14H2,1-3H3. The van der Waals surface area contributed by atoms with Gasteiger partial charge in [0.25, 0.3) is 0 Å². The van der Waals surface area contributed by atoms with Crippen molar-refractivity contribution < 1.29 is 14.2 Å². The van der Waals surface area contributed by atoms with E-state index in [0.717, 1.165) is 26.0 Å². The van der Waals surface area contributed by atoms with Gasteiger partial charge in [-0.2, -0.15) is 0 Å². The summed E-state index contributed by atoms with van der Waals surface area (Å²) in [5.74, 6) is 0. The topological polar surface area (TPSA) is 53.7 Å². The first-order chi connectivity index (χ1) is 8.12. The molecule has 104 valence electrons. The molecule has 0 aliphatic heterocycles. The molecule has 0 rings (SSSR count). The predicted octanol–water partition coefficient (Wildman–Crippen LogP) is 1.82. The molecule has 0 bridgehead atoms. The molecule has 0 saturated carbocycles. The van der Waals surface area contributed by atoms with Crippen molar-refractivity contribution in [2.75, 3.05) is 46.7 Å². The minimum Gasteiger partial charge on any atom is -0.382 e. The molecule has 2 N–H and O–H groups in total. The third-order valence-electron chi connectivity index (χ3n) is 2.75. The van der Waals surface area contributed by atoms with Crippen LogP contribution in [0.15, 0.2) is 0 Å². The van der Waals surface area contributed by atoms with Crippen LogP contribution < -0.4 is 5.73 Å². The van der Waals surface area contributed by atoms with E-state index in [0.29, 0.717) is 26.4 Å². The molecule has 17 heavy (non-hydrogen) atoms. The van der Waals surface area contributed by atoms with Crippen molar-refractivity contribution in [2.45, 2.75) is 33.1 Å². The maximum absolute atomic E-state index is 5.67. The molecule has 0 aliphatic carbocycles. The zero-order valence-electron chi connectivity index (χ0n) is 11.7. The Bertz CT molecular complexity index is 163. The average molecular weight is 247 g/mol. The van der Waals surface area contributed by atoms with Gasteiger partial charge in [0, 0.05) is 13.7 Å². The summed E-state index contributed by atoms with van der Waals surface area (Å²) in [6, 6.07) is 0. The van der Waals surface area contributed by atoms with Crippen LogP contribution >= 0.6 is 0 Å². The van der Waals surface area contributed by atoms with E-state index in [4.69, 9.17) is 19.9 Å². The van der Waals surface area contributed by atoms with Crippen LogP contribution in [0.4, 0.5) is 0 Å². The minimum absolute atomic E-state index is 0.267. The van der Waals surface area contributed by atoms with Gasteiger partial charge < -0.3 is 19.9 Å². The maximum atomic E-state index is 5.67. The summed E-state index contributed by atoms with van der Waals surface area (Å²) in [5.41, 5.74) is 5.94. The molecule has 0 aromatic heterocycles. The van der Waals surface area contributed by atoms with Crippen molar-refractivity contribution in [3.05, 3.63) is 0 Å². The van der Waals surface area contributed by atoms with Crippen LogP contribution in [0.5, 0.6) is 0 Å². The summed E-state index contributed by atoms with van der Waals surface area (Å²) in [6.07, 6.45) is 3.44. The summed E-state index contributed by atoms with van der Waals surface area (Å²) in [6.45, 7) is 8.59. The van der Waals surface area contributed by atoms with Crippen LogP contribution in [0.1, 0.15) is 33.1 Å². The van der Waals surface area contributed by atoms with E-state index < -0.39 is 0 Å². The number of hydrogen-bond donors (Lipinski definition) is 1. The highest BCUT2D eigenvalue weighted by atomic mass is 16.5. The fourth-order valence-corrected chi connectivity index (χ4v) is 1.37. The minimum atomic E-state index is 0.267. The van der Waals surface area contributed by atoms with E-state index in [9.17, 15) is 0 Å². The molecule has 0 atom stereocenters. The van der Waals surface area contributed by atoms with Crippen LogP contribution in [0, 0.1) is 5.41 Å². The highest BCUT2D eigenvalue weighted by Crippen LogP contribution is 2.20. The normalized spacial score (nSPS) is 12.0. The molecule has 0 aromatic carbocycles. The third-order valence-corrected chi connectivity index (χ3v) is 2.75. The molecule has 0 spiro atoms. The zero-order chi connectivity index (χ0) is 13.0. The van der Waals surface area contributed by atoms with Gasteiger partial charge in [0.15, 0.2) is 0 Å². The van der Waals surface area contributed by atoms with Gasteiger partial charge in [-0.1, -0.05) is 20.3 Å². The van der Waals surface area contributed by atoms with Crippen molar-refractivity contribution in [2.24, 2.45) is 11.1 Å². The fraction of sp³-hybridized carbons (Fsp3) is 1.00. The third kappa shape index (κ3) is 12.1. The van der Waals surface area contributed by atoms with Gasteiger partial charge in [0.1, 0.15) is 0 Å². The summed E-state index contributed by atoms with van der Waals surface area (Å²) in [5, 5.41) is 0. The smallest absolute Gasteiger partial charge is 0.0701 e. The van der Waals surface area contributed by atoms with E-state index in [1.165, 1.54) is 6.42 Å². The van der Waals surface area contributed by atoms with Crippen LogP contribution in [-0.4, -0.2) is 46.7 Å². The van der Waals surface area contributed by atoms with E-state index in [1.807, 2.05) is 0 Å². The molecule has 0 fully saturated rings. The zero-order valence-corrected chi connectivity index (χ0v) is 11.7. The average Bonchev–Trinajstić information content (AvgIpc) is 2.31. The monoisotopic (exact) mass is 247 g/mol. The van der Waals surface area contributed by atoms with E-state index in [1.54, 1.807) is 7.11 Å². The molecule has 0 radical (unpaired) electrons. The van der Waals surface area contributed by atoms with E-state index >= 15 is 0 Å². The Morgan fingerprint density at radius 3 is 2.06 bits per heavy atom. The Hall–Kier alpha value is -0.160. The van der Waals surface area contributed by atoms with Crippen molar-refractivity contribution in [3.63, 3.8) is 0 Å². The Kier molecular flexibility index (Phi) is 10.9. The first-order valence-electron chi connectivity index (χ1n) is 6.47.